The fraction of sp³-hybridized carbons (Fsp3) is 0.250. The van der Waals surface area contributed by atoms with Crippen molar-refractivity contribution in [3.63, 3.8) is 0 Å². The van der Waals surface area contributed by atoms with Crippen molar-refractivity contribution >= 4 is 42.4 Å². The Balaban J connectivity index is 1.37. The third-order valence-electron chi connectivity index (χ3n) is 5.91. The Hall–Kier alpha value is -2.88. The summed E-state index contributed by atoms with van der Waals surface area (Å²) in [5.74, 6) is 1.02. The standard InChI is InChI=1S/C28H29NO5S3/c1-28(2,3)29-27(30)17-26(37(29,33)34)23-14-10-21(11-15-23)19-35-18-20-8-12-22(13-9-20)24-6-5-7-25(16-24)36(4,31)32/h5-17H,18-19H2,1-4H3. The minimum absolute atomic E-state index is 0.0359. The molecule has 0 unspecified atom stereocenters. The Morgan fingerprint density at radius 2 is 1.35 bits per heavy atom. The molecule has 194 valence electrons. The number of hydrogen-bond donors (Lipinski definition) is 0. The molecule has 0 aromatic heterocycles. The Kier molecular flexibility index (Phi) is 7.43. The fourth-order valence-corrected chi connectivity index (χ4v) is 7.65. The van der Waals surface area contributed by atoms with Crippen molar-refractivity contribution in [2.45, 2.75) is 42.7 Å². The normalized spacial score (nSPS) is 15.6. The van der Waals surface area contributed by atoms with Crippen LogP contribution in [0.4, 0.5) is 0 Å². The molecule has 0 fully saturated rings. The van der Waals surface area contributed by atoms with E-state index in [0.717, 1.165) is 38.1 Å². The van der Waals surface area contributed by atoms with Gasteiger partial charge in [-0.2, -0.15) is 11.8 Å². The molecule has 0 spiro atoms. The molecule has 1 aliphatic heterocycles. The Morgan fingerprint density at radius 1 is 0.811 bits per heavy atom. The van der Waals surface area contributed by atoms with Crippen LogP contribution in [0.25, 0.3) is 16.0 Å². The van der Waals surface area contributed by atoms with E-state index in [9.17, 15) is 21.6 Å². The smallest absolute Gasteiger partial charge is 0.268 e. The summed E-state index contributed by atoms with van der Waals surface area (Å²) in [7, 11) is -7.13. The van der Waals surface area contributed by atoms with Gasteiger partial charge < -0.3 is 0 Å². The van der Waals surface area contributed by atoms with Crippen molar-refractivity contribution < 1.29 is 21.6 Å². The van der Waals surface area contributed by atoms with Gasteiger partial charge in [-0.25, -0.2) is 21.1 Å². The number of benzene rings is 3. The van der Waals surface area contributed by atoms with E-state index in [2.05, 4.69) is 0 Å². The van der Waals surface area contributed by atoms with Crippen LogP contribution in [0.2, 0.25) is 0 Å². The second-order valence-electron chi connectivity index (χ2n) is 9.97. The molecule has 0 saturated heterocycles. The van der Waals surface area contributed by atoms with Gasteiger partial charge in [0.05, 0.1) is 10.4 Å². The molecule has 0 atom stereocenters. The van der Waals surface area contributed by atoms with Crippen molar-refractivity contribution in [1.29, 1.82) is 0 Å². The highest BCUT2D eigenvalue weighted by Crippen LogP contribution is 2.35. The summed E-state index contributed by atoms with van der Waals surface area (Å²) < 4.78 is 50.5. The molecule has 0 N–H and O–H groups in total. The van der Waals surface area contributed by atoms with Gasteiger partial charge >= 0.3 is 0 Å². The molecule has 0 saturated carbocycles. The molecule has 3 aromatic rings. The molecule has 1 amide bonds. The van der Waals surface area contributed by atoms with Gasteiger partial charge in [-0.05, 0) is 60.7 Å². The van der Waals surface area contributed by atoms with E-state index in [4.69, 9.17) is 0 Å². The first-order valence-corrected chi connectivity index (χ1v) is 16.1. The first-order valence-electron chi connectivity index (χ1n) is 11.6. The second-order valence-corrected chi connectivity index (χ2v) is 14.7. The highest BCUT2D eigenvalue weighted by Gasteiger charge is 2.44. The average molecular weight is 556 g/mol. The zero-order valence-electron chi connectivity index (χ0n) is 21.1. The van der Waals surface area contributed by atoms with Gasteiger partial charge in [0.1, 0.15) is 4.91 Å². The fourth-order valence-electron chi connectivity index (χ4n) is 4.14. The summed E-state index contributed by atoms with van der Waals surface area (Å²) in [6.07, 6.45) is 2.40. The minimum Gasteiger partial charge on any atom is -0.269 e. The molecule has 0 bridgehead atoms. The Morgan fingerprint density at radius 3 is 1.84 bits per heavy atom. The maximum atomic E-state index is 12.9. The van der Waals surface area contributed by atoms with Crippen molar-refractivity contribution in [1.82, 2.24) is 4.31 Å². The lowest BCUT2D eigenvalue weighted by Gasteiger charge is -2.30. The molecule has 1 heterocycles. The highest BCUT2D eigenvalue weighted by molar-refractivity contribution is 7.99. The van der Waals surface area contributed by atoms with E-state index in [1.165, 1.54) is 12.3 Å². The lowest BCUT2D eigenvalue weighted by molar-refractivity contribution is -0.123. The van der Waals surface area contributed by atoms with Crippen LogP contribution < -0.4 is 0 Å². The third kappa shape index (κ3) is 6.00. The van der Waals surface area contributed by atoms with E-state index < -0.39 is 31.3 Å². The maximum Gasteiger partial charge on any atom is 0.268 e. The number of amides is 1. The van der Waals surface area contributed by atoms with E-state index in [-0.39, 0.29) is 4.91 Å². The van der Waals surface area contributed by atoms with Crippen LogP contribution in [-0.4, -0.2) is 38.8 Å². The topological polar surface area (TPSA) is 88.6 Å². The number of carbonyl (C=O) groups excluding carboxylic acids is 1. The van der Waals surface area contributed by atoms with Crippen LogP contribution in [0.15, 0.2) is 83.8 Å². The summed E-state index contributed by atoms with van der Waals surface area (Å²) in [6, 6.07) is 22.3. The van der Waals surface area contributed by atoms with E-state index in [1.807, 2.05) is 42.5 Å². The lowest BCUT2D eigenvalue weighted by Crippen LogP contribution is -2.45. The van der Waals surface area contributed by atoms with Crippen LogP contribution in [0.5, 0.6) is 0 Å². The number of rotatable bonds is 7. The average Bonchev–Trinajstić information content (AvgIpc) is 3.08. The summed E-state index contributed by atoms with van der Waals surface area (Å²) in [5, 5.41) is 0. The summed E-state index contributed by atoms with van der Waals surface area (Å²) in [5.41, 5.74) is 3.68. The van der Waals surface area contributed by atoms with Gasteiger partial charge in [0, 0.05) is 23.8 Å². The van der Waals surface area contributed by atoms with Gasteiger partial charge in [0.2, 0.25) is 0 Å². The quantitative estimate of drug-likeness (QED) is 0.382. The molecular weight excluding hydrogens is 527 g/mol. The van der Waals surface area contributed by atoms with Crippen LogP contribution >= 0.6 is 11.8 Å². The predicted molar refractivity (Wildman–Crippen MR) is 150 cm³/mol. The zero-order valence-corrected chi connectivity index (χ0v) is 23.6. The van der Waals surface area contributed by atoms with E-state index in [1.54, 1.807) is 62.9 Å². The van der Waals surface area contributed by atoms with Gasteiger partial charge in [-0.1, -0.05) is 60.7 Å². The zero-order chi connectivity index (χ0) is 27.0. The largest absolute Gasteiger partial charge is 0.269 e. The summed E-state index contributed by atoms with van der Waals surface area (Å²) in [6.45, 7) is 5.09. The van der Waals surface area contributed by atoms with Crippen molar-refractivity contribution in [2.75, 3.05) is 6.26 Å². The van der Waals surface area contributed by atoms with Crippen molar-refractivity contribution in [3.8, 4) is 11.1 Å². The maximum absolute atomic E-state index is 12.9. The molecule has 9 heteroatoms. The molecule has 3 aromatic carbocycles. The molecular formula is C28H29NO5S3. The molecule has 0 aliphatic carbocycles. The first kappa shape index (κ1) is 27.2. The van der Waals surface area contributed by atoms with E-state index in [0.29, 0.717) is 10.5 Å². The predicted octanol–water partition coefficient (Wildman–Crippen LogP) is 5.50. The van der Waals surface area contributed by atoms with E-state index >= 15 is 0 Å². The first-order chi connectivity index (χ1) is 17.3. The number of nitrogens with zero attached hydrogens (tertiary/aromatic N) is 1. The van der Waals surface area contributed by atoms with Crippen molar-refractivity contribution in [3.05, 3.63) is 95.6 Å². The van der Waals surface area contributed by atoms with Gasteiger partial charge in [-0.3, -0.25) is 4.79 Å². The number of sulfone groups is 1. The van der Waals surface area contributed by atoms with Gasteiger partial charge in [-0.15, -0.1) is 0 Å². The molecule has 1 aliphatic rings. The monoisotopic (exact) mass is 555 g/mol. The van der Waals surface area contributed by atoms with Crippen LogP contribution in [0.1, 0.15) is 37.5 Å². The number of carbonyl (C=O) groups is 1. The molecule has 37 heavy (non-hydrogen) atoms. The van der Waals surface area contributed by atoms with Gasteiger partial charge in [0.15, 0.2) is 9.84 Å². The van der Waals surface area contributed by atoms with Crippen LogP contribution in [0.3, 0.4) is 0 Å². The third-order valence-corrected chi connectivity index (χ3v) is 10.2. The number of sulfonamides is 1. The summed E-state index contributed by atoms with van der Waals surface area (Å²) >= 11 is 1.73. The Bertz CT molecular complexity index is 1570. The number of hydrogen-bond acceptors (Lipinski definition) is 6. The highest BCUT2D eigenvalue weighted by atomic mass is 32.2. The molecule has 4 rings (SSSR count). The lowest BCUT2D eigenvalue weighted by atomic mass is 10.0. The minimum atomic E-state index is -3.88. The molecule has 0 radical (unpaired) electrons. The van der Waals surface area contributed by atoms with Crippen molar-refractivity contribution in [2.24, 2.45) is 0 Å². The summed E-state index contributed by atoms with van der Waals surface area (Å²) in [4.78, 5) is 12.7. The SMILES string of the molecule is CC(C)(C)N1C(=O)C=C(c2ccc(CSCc3ccc(-c4cccc(S(C)(=O)=O)c4)cc3)cc2)S1(=O)=O. The Labute approximate surface area is 223 Å². The molecule has 6 nitrogen and oxygen atoms in total. The van der Waals surface area contributed by atoms with Crippen LogP contribution in [-0.2, 0) is 36.2 Å². The van der Waals surface area contributed by atoms with Crippen LogP contribution in [0, 0.1) is 0 Å². The number of thioether (sulfide) groups is 1. The van der Waals surface area contributed by atoms with Gasteiger partial charge in [0.25, 0.3) is 15.9 Å². The second kappa shape index (κ2) is 10.1.